The van der Waals surface area contributed by atoms with Crippen molar-refractivity contribution in [1.82, 2.24) is 40.6 Å². The topological polar surface area (TPSA) is 238 Å². The lowest BCUT2D eigenvalue weighted by Gasteiger charge is -2.36. The van der Waals surface area contributed by atoms with Crippen LogP contribution in [0.5, 0.6) is 5.75 Å². The molecule has 4 amide bonds. The second-order valence-electron chi connectivity index (χ2n) is 23.3. The molecule has 0 radical (unpaired) electrons. The van der Waals surface area contributed by atoms with Crippen LogP contribution < -0.4 is 26.4 Å². The molecule has 1 aliphatic carbocycles. The number of rotatable bonds is 16. The summed E-state index contributed by atoms with van der Waals surface area (Å²) < 4.78 is 20.3. The van der Waals surface area contributed by atoms with Crippen molar-refractivity contribution < 1.29 is 37.9 Å². The Morgan fingerprint density at radius 2 is 1.60 bits per heavy atom. The molecule has 4 aromatic heterocycles. The first-order valence-electron chi connectivity index (χ1n) is 27.1. The lowest BCUT2D eigenvalue weighted by Crippen LogP contribution is -2.57. The van der Waals surface area contributed by atoms with Crippen LogP contribution in [0.3, 0.4) is 0 Å². The van der Waals surface area contributed by atoms with Crippen LogP contribution in [0, 0.1) is 33.1 Å². The third kappa shape index (κ3) is 12.3. The number of hydrogen-bond donors (Lipinski definition) is 4. The Balaban J connectivity index is 0.780. The lowest BCUT2D eigenvalue weighted by molar-refractivity contribution is -0.150. The summed E-state index contributed by atoms with van der Waals surface area (Å²) in [6, 6.07) is 19.0. The fourth-order valence-corrected chi connectivity index (χ4v) is 12.8. The van der Waals surface area contributed by atoms with E-state index in [4.69, 9.17) is 36.2 Å². The number of benzene rings is 3. The number of hydrogen-bond acceptors (Lipinski definition) is 15. The Hall–Kier alpha value is -7.26. The van der Waals surface area contributed by atoms with Crippen LogP contribution in [0.15, 0.2) is 87.7 Å². The van der Waals surface area contributed by atoms with Crippen LogP contribution in [0.1, 0.15) is 141 Å². The van der Waals surface area contributed by atoms with Gasteiger partial charge in [0.1, 0.15) is 52.5 Å². The minimum Gasteiger partial charge on any atom is -0.490 e. The number of nitrogens with two attached hydrogens (primary N) is 1. The maximum atomic E-state index is 14.9. The molecule has 0 bridgehead atoms. The van der Waals surface area contributed by atoms with Gasteiger partial charge in [-0.25, -0.2) is 4.98 Å². The number of aryl methyl sites for hydroxylation is 3. The average Bonchev–Trinajstić information content (AvgIpc) is 3.99. The van der Waals surface area contributed by atoms with Gasteiger partial charge in [-0.05, 0) is 107 Å². The number of nitrogens with zero attached hydrogens (tertiary/aromatic N) is 6. The summed E-state index contributed by atoms with van der Waals surface area (Å²) in [6.45, 7) is 18.7. The first kappa shape index (κ1) is 57.0. The highest BCUT2D eigenvalue weighted by molar-refractivity contribution is 7.15. The zero-order valence-corrected chi connectivity index (χ0v) is 49.4. The van der Waals surface area contributed by atoms with Gasteiger partial charge in [-0.1, -0.05) is 68.8 Å². The third-order valence-electron chi connectivity index (χ3n) is 15.1. The fourth-order valence-electron chi connectivity index (χ4n) is 10.7. The van der Waals surface area contributed by atoms with Crippen LogP contribution >= 0.6 is 34.3 Å². The van der Waals surface area contributed by atoms with Crippen molar-refractivity contribution in [3.05, 3.63) is 134 Å². The van der Waals surface area contributed by atoms with Gasteiger partial charge in [0, 0.05) is 57.3 Å². The van der Waals surface area contributed by atoms with E-state index in [0.717, 1.165) is 54.0 Å². The molecule has 2 aliphatic heterocycles. The maximum absolute atomic E-state index is 14.9. The molecule has 2 fully saturated rings. The van der Waals surface area contributed by atoms with E-state index in [1.165, 1.54) is 4.90 Å². The standard InChI is InChI=1S/C60H67ClN10O8S2/c1-30-33(4)81-58-50(30)51(36-15-17-39(61)18-16-36)66-44(54-69-68-34(5)71(54)58)26-48(72)65-40-23-42(24-40)77-41-19-20-46-38(21-41)22-47(79-46)56(75)67-53(59(6,7)8)57(76)70-28-43(78-49(73)27-60(9,10)62)25-45(70)55(74)64-31(2)35-11-13-37(14-12-35)52-32(3)63-29-80-52/h11-22,29,31,40,42-45,53H,23-28,62H2,1-10H3,(H,64,74)(H,65,72)(H,67,75)/t31-,40-,42+,43+,44-,45-,53?/m0/s1. The predicted molar refractivity (Wildman–Crippen MR) is 312 cm³/mol. The number of furan rings is 1. The minimum absolute atomic E-state index is 0.0274. The minimum atomic E-state index is -1.13. The van der Waals surface area contributed by atoms with Crippen molar-refractivity contribution in [3.63, 3.8) is 0 Å². The molecular formula is C60H67ClN10O8S2. The van der Waals surface area contributed by atoms with Gasteiger partial charge in [-0.2, -0.15) is 0 Å². The number of amides is 4. The maximum Gasteiger partial charge on any atom is 0.307 e. The number of thiazole rings is 1. The van der Waals surface area contributed by atoms with Crippen molar-refractivity contribution in [2.75, 3.05) is 6.54 Å². The Morgan fingerprint density at radius 3 is 2.28 bits per heavy atom. The third-order valence-corrected chi connectivity index (χ3v) is 17.5. The van der Waals surface area contributed by atoms with Crippen LogP contribution in [0.2, 0.25) is 5.02 Å². The molecule has 1 saturated carbocycles. The molecule has 21 heteroatoms. The summed E-state index contributed by atoms with van der Waals surface area (Å²) in [5.41, 5.74) is 13.3. The van der Waals surface area contributed by atoms with E-state index in [1.54, 1.807) is 66.3 Å². The molecule has 5 N–H and O–H groups in total. The Labute approximate surface area is 483 Å². The van der Waals surface area contributed by atoms with Crippen molar-refractivity contribution in [3.8, 4) is 21.2 Å². The van der Waals surface area contributed by atoms with Gasteiger partial charge in [0.15, 0.2) is 11.6 Å². The van der Waals surface area contributed by atoms with Gasteiger partial charge in [-0.3, -0.25) is 33.5 Å². The molecule has 10 rings (SSSR count). The van der Waals surface area contributed by atoms with Crippen molar-refractivity contribution >= 4 is 80.6 Å². The smallest absolute Gasteiger partial charge is 0.307 e. The number of carbonyl (C=O) groups is 5. The highest BCUT2D eigenvalue weighted by Crippen LogP contribution is 2.40. The van der Waals surface area contributed by atoms with Crippen LogP contribution in [0.25, 0.3) is 26.4 Å². The number of aromatic nitrogens is 4. The van der Waals surface area contributed by atoms with Gasteiger partial charge in [-0.15, -0.1) is 32.9 Å². The molecular weight excluding hydrogens is 1090 g/mol. The molecule has 6 heterocycles. The summed E-state index contributed by atoms with van der Waals surface area (Å²) in [5.74, 6) is -0.436. The lowest BCUT2D eigenvalue weighted by atomic mass is 9.85. The second kappa shape index (κ2) is 22.6. The van der Waals surface area contributed by atoms with Gasteiger partial charge in [0.05, 0.1) is 47.2 Å². The molecule has 3 aliphatic rings. The number of halogens is 1. The Morgan fingerprint density at radius 1 is 0.889 bits per heavy atom. The van der Waals surface area contributed by atoms with E-state index < -0.39 is 64.9 Å². The molecule has 7 aromatic rings. The number of thiophene rings is 1. The van der Waals surface area contributed by atoms with E-state index in [2.05, 4.69) is 45.0 Å². The van der Waals surface area contributed by atoms with Crippen LogP contribution in [-0.2, 0) is 23.9 Å². The van der Waals surface area contributed by atoms with Gasteiger partial charge in [0.25, 0.3) is 5.91 Å². The number of likely N-dealkylation sites (tertiary alicyclic amines) is 1. The average molecular weight is 1160 g/mol. The molecule has 1 saturated heterocycles. The van der Waals surface area contributed by atoms with E-state index in [0.29, 0.717) is 46.2 Å². The first-order valence-corrected chi connectivity index (χ1v) is 29.2. The zero-order valence-electron chi connectivity index (χ0n) is 47.0. The van der Waals surface area contributed by atoms with E-state index >= 15 is 0 Å². The van der Waals surface area contributed by atoms with Crippen LogP contribution in [-0.4, -0.2) is 102 Å². The van der Waals surface area contributed by atoms with Crippen molar-refractivity contribution in [2.45, 2.75) is 149 Å². The number of carbonyl (C=O) groups excluding carboxylic acids is 5. The number of aliphatic imine (C=N–C) groups is 1. The summed E-state index contributed by atoms with van der Waals surface area (Å²) in [7, 11) is 0. The Kier molecular flexibility index (Phi) is 15.9. The van der Waals surface area contributed by atoms with Gasteiger partial charge >= 0.3 is 5.97 Å². The zero-order chi connectivity index (χ0) is 57.8. The summed E-state index contributed by atoms with van der Waals surface area (Å²) in [6.07, 6.45) is 0.225. The quantitative estimate of drug-likeness (QED) is 0.0662. The molecule has 81 heavy (non-hydrogen) atoms. The molecule has 0 spiro atoms. The second-order valence-corrected chi connectivity index (χ2v) is 25.8. The van der Waals surface area contributed by atoms with Crippen molar-refractivity contribution in [2.24, 2.45) is 16.1 Å². The summed E-state index contributed by atoms with van der Waals surface area (Å²) in [5, 5.41) is 20.3. The van der Waals surface area contributed by atoms with Gasteiger partial charge < -0.3 is 40.5 Å². The predicted octanol–water partition coefficient (Wildman–Crippen LogP) is 9.76. The normalized spacial score (nSPS) is 19.6. The number of nitrogens with one attached hydrogen (secondary N) is 3. The highest BCUT2D eigenvalue weighted by Gasteiger charge is 2.47. The van der Waals surface area contributed by atoms with E-state index in [9.17, 15) is 24.0 Å². The number of esters is 1. The molecule has 3 aromatic carbocycles. The van der Waals surface area contributed by atoms with Gasteiger partial charge in [0.2, 0.25) is 17.7 Å². The SMILES string of the molecule is Cc1ncsc1-c1ccc([C@H](C)NC(=O)[C@@H]2C[C@@H](OC(=O)CC(C)(C)N)CN2C(=O)C(NC(=O)c2cc3cc(O[C@H]4C[C@@H](NC(=O)C[C@@H]5N=C(c6ccc(Cl)cc6)c6c(sc(C)c6C)-n6c(C)nnc65)C4)ccc3o2)C(C)(C)C)cc1. The molecule has 424 valence electrons. The molecule has 1 unspecified atom stereocenters. The monoisotopic (exact) mass is 1150 g/mol. The van der Waals surface area contributed by atoms with Crippen LogP contribution in [0.4, 0.5) is 0 Å². The highest BCUT2D eigenvalue weighted by atomic mass is 35.5. The van der Waals surface area contributed by atoms with E-state index in [1.807, 2.05) is 94.6 Å². The first-order chi connectivity index (χ1) is 38.4. The summed E-state index contributed by atoms with van der Waals surface area (Å²) >= 11 is 9.50. The molecule has 18 nitrogen and oxygen atoms in total. The van der Waals surface area contributed by atoms with E-state index in [-0.39, 0.29) is 49.6 Å². The summed E-state index contributed by atoms with van der Waals surface area (Å²) in [4.78, 5) is 83.4. The number of fused-ring (bicyclic) bond motifs is 4. The number of ether oxygens (including phenoxy) is 2. The Bertz CT molecular complexity index is 3580. The van der Waals surface area contributed by atoms with Crippen molar-refractivity contribution in [1.29, 1.82) is 0 Å². The largest absolute Gasteiger partial charge is 0.490 e. The molecule has 5 atom stereocenters. The fraction of sp³-hybridized carbons (Fsp3) is 0.417.